The number of rotatable bonds is 10. The van der Waals surface area contributed by atoms with E-state index in [9.17, 15) is 9.59 Å². The molecule has 0 N–H and O–H groups in total. The molecule has 0 aromatic heterocycles. The summed E-state index contributed by atoms with van der Waals surface area (Å²) in [5.41, 5.74) is -0.313. The van der Waals surface area contributed by atoms with Crippen molar-refractivity contribution in [2.24, 2.45) is 11.3 Å². The standard InChI is InChI=1S/C22H30Cl2O5/c1-4-28-20(25)22(21(26)29-5-2,16-10-6-7-11-16)12-8-9-15-13-17(23)19(24)18(14-15)27-3/h13-14,16H,4-12H2,1-3H3. The number of ether oxygens (including phenoxy) is 3. The second kappa shape index (κ2) is 11.1. The summed E-state index contributed by atoms with van der Waals surface area (Å²) in [7, 11) is 1.54. The maximum Gasteiger partial charge on any atom is 0.323 e. The summed E-state index contributed by atoms with van der Waals surface area (Å²) in [6.45, 7) is 3.97. The molecule has 1 aromatic rings. The van der Waals surface area contributed by atoms with Crippen LogP contribution in [0.3, 0.4) is 0 Å². The second-order valence-electron chi connectivity index (χ2n) is 7.34. The Kier molecular flexibility index (Phi) is 9.09. The highest BCUT2D eigenvalue weighted by Crippen LogP contribution is 2.46. The van der Waals surface area contributed by atoms with Crippen molar-refractivity contribution in [2.45, 2.75) is 58.8 Å². The van der Waals surface area contributed by atoms with Gasteiger partial charge in [0.05, 0.1) is 25.3 Å². The first-order valence-electron chi connectivity index (χ1n) is 10.3. The minimum Gasteiger partial charge on any atom is -0.495 e. The molecule has 1 saturated carbocycles. The van der Waals surface area contributed by atoms with Crippen molar-refractivity contribution in [3.05, 3.63) is 27.7 Å². The third-order valence-electron chi connectivity index (χ3n) is 5.64. The molecule has 2 rings (SSSR count). The number of esters is 2. The van der Waals surface area contributed by atoms with E-state index in [1.54, 1.807) is 19.9 Å². The van der Waals surface area contributed by atoms with Gasteiger partial charge in [0.1, 0.15) is 10.8 Å². The minimum atomic E-state index is -1.25. The number of carbonyl (C=O) groups is 2. The van der Waals surface area contributed by atoms with Gasteiger partial charge >= 0.3 is 11.9 Å². The van der Waals surface area contributed by atoms with Crippen LogP contribution in [0.5, 0.6) is 5.75 Å². The van der Waals surface area contributed by atoms with Crippen LogP contribution in [0.15, 0.2) is 12.1 Å². The second-order valence-corrected chi connectivity index (χ2v) is 8.13. The maximum absolute atomic E-state index is 13.0. The van der Waals surface area contributed by atoms with Crippen LogP contribution < -0.4 is 4.74 Å². The fourth-order valence-corrected chi connectivity index (χ4v) is 4.66. The summed E-state index contributed by atoms with van der Waals surface area (Å²) in [5, 5.41) is 0.787. The van der Waals surface area contributed by atoms with Gasteiger partial charge in [0.2, 0.25) is 0 Å². The molecule has 0 bridgehead atoms. The lowest BCUT2D eigenvalue weighted by Crippen LogP contribution is -2.47. The fraction of sp³-hybridized carbons (Fsp3) is 0.636. The summed E-state index contributed by atoms with van der Waals surface area (Å²) < 4.78 is 16.0. The number of benzene rings is 1. The zero-order valence-corrected chi connectivity index (χ0v) is 18.9. The smallest absolute Gasteiger partial charge is 0.323 e. The topological polar surface area (TPSA) is 61.8 Å². The minimum absolute atomic E-state index is 0.0519. The van der Waals surface area contributed by atoms with E-state index in [-0.39, 0.29) is 19.1 Å². The van der Waals surface area contributed by atoms with Crippen LogP contribution in [0.1, 0.15) is 57.9 Å². The number of methoxy groups -OCH3 is 1. The van der Waals surface area contributed by atoms with Crippen molar-refractivity contribution < 1.29 is 23.8 Å². The molecule has 0 heterocycles. The van der Waals surface area contributed by atoms with E-state index < -0.39 is 17.4 Å². The maximum atomic E-state index is 13.0. The summed E-state index contributed by atoms with van der Waals surface area (Å²) in [5.74, 6) is -0.468. The summed E-state index contributed by atoms with van der Waals surface area (Å²) >= 11 is 12.3. The van der Waals surface area contributed by atoms with E-state index >= 15 is 0 Å². The van der Waals surface area contributed by atoms with Crippen LogP contribution in [0.4, 0.5) is 0 Å². The molecule has 5 nitrogen and oxygen atoms in total. The molecule has 1 fully saturated rings. The van der Waals surface area contributed by atoms with Crippen molar-refractivity contribution in [2.75, 3.05) is 20.3 Å². The zero-order chi connectivity index (χ0) is 21.4. The van der Waals surface area contributed by atoms with E-state index in [1.807, 2.05) is 6.07 Å². The van der Waals surface area contributed by atoms with Gasteiger partial charge in [0.25, 0.3) is 0 Å². The molecule has 0 aliphatic heterocycles. The Morgan fingerprint density at radius 2 is 1.66 bits per heavy atom. The molecular formula is C22H30Cl2O5. The lowest BCUT2D eigenvalue weighted by atomic mass is 9.70. The van der Waals surface area contributed by atoms with Crippen LogP contribution in [0.2, 0.25) is 10.0 Å². The summed E-state index contributed by atoms with van der Waals surface area (Å²) in [6, 6.07) is 3.62. The normalized spacial score (nSPS) is 14.7. The molecule has 162 valence electrons. The first-order chi connectivity index (χ1) is 13.9. The molecule has 0 amide bonds. The number of hydrogen-bond donors (Lipinski definition) is 0. The van der Waals surface area contributed by atoms with Crippen molar-refractivity contribution >= 4 is 35.1 Å². The van der Waals surface area contributed by atoms with E-state index in [2.05, 4.69) is 0 Å². The Balaban J connectivity index is 2.26. The highest BCUT2D eigenvalue weighted by atomic mass is 35.5. The van der Waals surface area contributed by atoms with Gasteiger partial charge in [0, 0.05) is 0 Å². The summed E-state index contributed by atoms with van der Waals surface area (Å²) in [4.78, 5) is 26.1. The van der Waals surface area contributed by atoms with E-state index in [1.165, 1.54) is 7.11 Å². The molecule has 1 aromatic carbocycles. The molecule has 7 heteroatoms. The van der Waals surface area contributed by atoms with Crippen LogP contribution >= 0.6 is 23.2 Å². The molecular weight excluding hydrogens is 415 g/mol. The molecule has 0 saturated heterocycles. The molecule has 0 radical (unpaired) electrons. The fourth-order valence-electron chi connectivity index (χ4n) is 4.24. The molecule has 0 atom stereocenters. The third kappa shape index (κ3) is 5.37. The van der Waals surface area contributed by atoms with Gasteiger partial charge in [-0.15, -0.1) is 0 Å². The van der Waals surface area contributed by atoms with Gasteiger partial charge in [-0.2, -0.15) is 0 Å². The van der Waals surface area contributed by atoms with E-state index in [0.717, 1.165) is 31.2 Å². The monoisotopic (exact) mass is 444 g/mol. The van der Waals surface area contributed by atoms with Crippen molar-refractivity contribution in [3.63, 3.8) is 0 Å². The Morgan fingerprint density at radius 3 is 2.17 bits per heavy atom. The number of aryl methyl sites for hydroxylation is 1. The Morgan fingerprint density at radius 1 is 1.07 bits per heavy atom. The Hall–Kier alpha value is -1.46. The molecule has 1 aliphatic rings. The summed E-state index contributed by atoms with van der Waals surface area (Å²) in [6.07, 6.45) is 5.29. The first kappa shape index (κ1) is 23.8. The highest BCUT2D eigenvalue weighted by Gasteiger charge is 2.54. The third-order valence-corrected chi connectivity index (χ3v) is 6.43. The Labute approximate surface area is 183 Å². The Bertz CT molecular complexity index is 695. The average molecular weight is 445 g/mol. The largest absolute Gasteiger partial charge is 0.495 e. The number of hydrogen-bond acceptors (Lipinski definition) is 5. The van der Waals surface area contributed by atoms with E-state index in [0.29, 0.717) is 35.1 Å². The van der Waals surface area contributed by atoms with Gasteiger partial charge in [-0.3, -0.25) is 9.59 Å². The number of carbonyl (C=O) groups excluding carboxylic acids is 2. The predicted octanol–water partition coefficient (Wildman–Crippen LogP) is 5.63. The lowest BCUT2D eigenvalue weighted by Gasteiger charge is -2.34. The van der Waals surface area contributed by atoms with Crippen LogP contribution in [-0.2, 0) is 25.5 Å². The molecule has 29 heavy (non-hydrogen) atoms. The first-order valence-corrected chi connectivity index (χ1v) is 11.0. The lowest BCUT2D eigenvalue weighted by molar-refractivity contribution is -0.177. The van der Waals surface area contributed by atoms with Crippen molar-refractivity contribution in [1.82, 2.24) is 0 Å². The van der Waals surface area contributed by atoms with Gasteiger partial charge < -0.3 is 14.2 Å². The van der Waals surface area contributed by atoms with Crippen LogP contribution in [-0.4, -0.2) is 32.3 Å². The van der Waals surface area contributed by atoms with Gasteiger partial charge in [0.15, 0.2) is 5.41 Å². The van der Waals surface area contributed by atoms with Crippen molar-refractivity contribution in [1.29, 1.82) is 0 Å². The van der Waals surface area contributed by atoms with Gasteiger partial charge in [-0.25, -0.2) is 0 Å². The predicted molar refractivity (Wildman–Crippen MR) is 114 cm³/mol. The van der Waals surface area contributed by atoms with Crippen LogP contribution in [0, 0.1) is 11.3 Å². The zero-order valence-electron chi connectivity index (χ0n) is 17.4. The number of halogens is 2. The molecule has 0 spiro atoms. The van der Waals surface area contributed by atoms with E-state index in [4.69, 9.17) is 37.4 Å². The van der Waals surface area contributed by atoms with Crippen LogP contribution in [0.25, 0.3) is 0 Å². The van der Waals surface area contributed by atoms with Crippen molar-refractivity contribution in [3.8, 4) is 5.75 Å². The molecule has 0 unspecified atom stereocenters. The van der Waals surface area contributed by atoms with Gasteiger partial charge in [-0.1, -0.05) is 36.0 Å². The average Bonchev–Trinajstić information content (AvgIpc) is 3.23. The highest BCUT2D eigenvalue weighted by molar-refractivity contribution is 6.43. The molecule has 1 aliphatic carbocycles. The quantitative estimate of drug-likeness (QED) is 0.345. The SMILES string of the molecule is CCOC(=O)C(CCCc1cc(Cl)c(Cl)c(OC)c1)(C(=O)OCC)C1CCCC1. The van der Waals surface area contributed by atoms with Gasteiger partial charge in [-0.05, 0) is 69.6 Å².